The first kappa shape index (κ1) is 30.5. The summed E-state index contributed by atoms with van der Waals surface area (Å²) in [5.74, 6) is -4.97. The van der Waals surface area contributed by atoms with Gasteiger partial charge < -0.3 is 9.47 Å². The molecule has 0 unspecified atom stereocenters. The normalized spacial score (nSPS) is 19.9. The smallest absolute Gasteiger partial charge is 0.263 e. The molecule has 0 aromatic heterocycles. The lowest BCUT2D eigenvalue weighted by Gasteiger charge is -2.38. The molecule has 220 valence electrons. The molecule has 2 aliphatic heterocycles. The summed E-state index contributed by atoms with van der Waals surface area (Å²) in [5, 5.41) is 9.60. The van der Waals surface area contributed by atoms with Crippen LogP contribution in [0.4, 0.5) is 8.78 Å². The van der Waals surface area contributed by atoms with Crippen molar-refractivity contribution in [3.05, 3.63) is 53.1 Å². The number of hydrogen-bond acceptors (Lipinski definition) is 9. The summed E-state index contributed by atoms with van der Waals surface area (Å²) in [5.41, 5.74) is 1.34. The lowest BCUT2D eigenvalue weighted by molar-refractivity contribution is -0.134. The van der Waals surface area contributed by atoms with Crippen molar-refractivity contribution in [3.63, 3.8) is 0 Å². The molecule has 2 N–H and O–H groups in total. The molecular formula is C23H27ClF2N4O8S2. The Balaban J connectivity index is 1.54. The van der Waals surface area contributed by atoms with Crippen LogP contribution < -0.4 is 10.2 Å². The molecule has 0 radical (unpaired) electrons. The van der Waals surface area contributed by atoms with E-state index in [4.69, 9.17) is 21.1 Å². The fraction of sp³-hybridized carbons (Fsp3) is 0.435. The molecule has 2 fully saturated rings. The van der Waals surface area contributed by atoms with Crippen molar-refractivity contribution in [2.75, 3.05) is 58.2 Å². The standard InChI is InChI=1S/C23H27ClF2N4O8S2/c24-16-1-3-17(4-2-16)38-22-19(25)13-18(14-20(22)26)40(35,36)30-6-5-29(15-21(30)23(31)27-32)39(33,34)12-9-28-7-10-37-11-8-28/h1-4,13-14,21,32H,5-12,15H2,(H,27,31)/t21-/m1/s1. The summed E-state index contributed by atoms with van der Waals surface area (Å²) in [6.07, 6.45) is 0. The molecule has 0 aliphatic carbocycles. The summed E-state index contributed by atoms with van der Waals surface area (Å²) in [7, 11) is -8.66. The Morgan fingerprint density at radius 2 is 1.68 bits per heavy atom. The first-order valence-corrected chi connectivity index (χ1v) is 15.5. The lowest BCUT2D eigenvalue weighted by Crippen LogP contribution is -2.61. The van der Waals surface area contributed by atoms with Gasteiger partial charge in [-0.3, -0.25) is 14.9 Å². The number of rotatable bonds is 9. The van der Waals surface area contributed by atoms with E-state index in [1.807, 2.05) is 4.90 Å². The Hall–Kier alpha value is -2.44. The van der Waals surface area contributed by atoms with Crippen LogP contribution in [0.5, 0.6) is 11.5 Å². The molecular weight excluding hydrogens is 598 g/mol. The second-order valence-corrected chi connectivity index (χ2v) is 13.4. The number of hydroxylamine groups is 1. The Kier molecular flexibility index (Phi) is 9.62. The van der Waals surface area contributed by atoms with Gasteiger partial charge in [-0.1, -0.05) is 11.6 Å². The molecule has 2 aromatic carbocycles. The Bertz CT molecular complexity index is 1420. The second-order valence-electron chi connectivity index (χ2n) is 9.01. The zero-order valence-electron chi connectivity index (χ0n) is 21.0. The van der Waals surface area contributed by atoms with Crippen LogP contribution >= 0.6 is 11.6 Å². The van der Waals surface area contributed by atoms with Gasteiger partial charge in [0.05, 0.1) is 23.9 Å². The van der Waals surface area contributed by atoms with Crippen LogP contribution in [0.3, 0.4) is 0 Å². The quantitative estimate of drug-likeness (QED) is 0.311. The molecule has 2 saturated heterocycles. The third kappa shape index (κ3) is 6.88. The zero-order valence-corrected chi connectivity index (χ0v) is 23.4. The summed E-state index contributed by atoms with van der Waals surface area (Å²) in [6, 6.07) is 4.93. The highest BCUT2D eigenvalue weighted by molar-refractivity contribution is 7.89. The molecule has 12 nitrogen and oxygen atoms in total. The van der Waals surface area contributed by atoms with Crippen molar-refractivity contribution >= 4 is 37.6 Å². The summed E-state index contributed by atoms with van der Waals surface area (Å²) in [4.78, 5) is 13.5. The topological polar surface area (TPSA) is 146 Å². The SMILES string of the molecule is O=C(NO)[C@H]1CN(S(=O)(=O)CCN2CCOCC2)CCN1S(=O)(=O)c1cc(F)c(Oc2ccc(Cl)cc2)c(F)c1. The van der Waals surface area contributed by atoms with E-state index in [1.165, 1.54) is 29.7 Å². The highest BCUT2D eigenvalue weighted by Gasteiger charge is 2.43. The maximum absolute atomic E-state index is 14.9. The van der Waals surface area contributed by atoms with Gasteiger partial charge in [0.2, 0.25) is 20.0 Å². The molecule has 2 heterocycles. The van der Waals surface area contributed by atoms with E-state index in [1.54, 1.807) is 0 Å². The summed E-state index contributed by atoms with van der Waals surface area (Å²) < 4.78 is 94.5. The average molecular weight is 625 g/mol. The molecule has 2 aliphatic rings. The van der Waals surface area contributed by atoms with Crippen LogP contribution in [0, 0.1) is 11.6 Å². The number of halogens is 3. The van der Waals surface area contributed by atoms with Crippen LogP contribution in [-0.4, -0.2) is 106 Å². The van der Waals surface area contributed by atoms with E-state index >= 15 is 0 Å². The van der Waals surface area contributed by atoms with E-state index in [2.05, 4.69) is 0 Å². The van der Waals surface area contributed by atoms with Gasteiger partial charge in [0.1, 0.15) is 11.8 Å². The van der Waals surface area contributed by atoms with Crippen LogP contribution in [0.25, 0.3) is 0 Å². The Morgan fingerprint density at radius 3 is 2.27 bits per heavy atom. The van der Waals surface area contributed by atoms with Gasteiger partial charge in [-0.15, -0.1) is 0 Å². The molecule has 0 saturated carbocycles. The van der Waals surface area contributed by atoms with Gasteiger partial charge >= 0.3 is 0 Å². The Morgan fingerprint density at radius 1 is 1.05 bits per heavy atom. The molecule has 1 amide bonds. The van der Waals surface area contributed by atoms with Gasteiger partial charge in [0.15, 0.2) is 17.4 Å². The van der Waals surface area contributed by atoms with E-state index in [9.17, 15) is 35.6 Å². The van der Waals surface area contributed by atoms with Crippen molar-refractivity contribution < 1.29 is 45.1 Å². The number of piperazine rings is 1. The van der Waals surface area contributed by atoms with Crippen molar-refractivity contribution in [2.45, 2.75) is 10.9 Å². The number of ether oxygens (including phenoxy) is 2. The van der Waals surface area contributed by atoms with Gasteiger partial charge in [0, 0.05) is 44.3 Å². The molecule has 40 heavy (non-hydrogen) atoms. The van der Waals surface area contributed by atoms with Crippen molar-refractivity contribution in [2.24, 2.45) is 0 Å². The molecule has 17 heteroatoms. The third-order valence-corrected chi connectivity index (χ3v) is 10.4. The van der Waals surface area contributed by atoms with Crippen LogP contribution in [0.2, 0.25) is 5.02 Å². The summed E-state index contributed by atoms with van der Waals surface area (Å²) >= 11 is 5.79. The van der Waals surface area contributed by atoms with Crippen LogP contribution in [-0.2, 0) is 29.6 Å². The number of nitrogens with zero attached hydrogens (tertiary/aromatic N) is 3. The third-order valence-electron chi connectivity index (χ3n) is 6.48. The zero-order chi connectivity index (χ0) is 29.1. The molecule has 2 aromatic rings. The molecule has 4 rings (SSSR count). The van der Waals surface area contributed by atoms with E-state index in [0.29, 0.717) is 47.8 Å². The average Bonchev–Trinajstić information content (AvgIpc) is 2.94. The number of benzene rings is 2. The van der Waals surface area contributed by atoms with Gasteiger partial charge in [-0.05, 0) is 36.4 Å². The number of carbonyl (C=O) groups excluding carboxylic acids is 1. The van der Waals surface area contributed by atoms with Crippen molar-refractivity contribution in [1.82, 2.24) is 19.0 Å². The lowest BCUT2D eigenvalue weighted by atomic mass is 10.2. The molecule has 1 atom stereocenters. The van der Waals surface area contributed by atoms with Crippen molar-refractivity contribution in [1.29, 1.82) is 0 Å². The number of morpholine rings is 1. The van der Waals surface area contributed by atoms with Gasteiger partial charge in [-0.25, -0.2) is 31.1 Å². The Labute approximate surface area is 235 Å². The maximum atomic E-state index is 14.9. The highest BCUT2D eigenvalue weighted by Crippen LogP contribution is 2.32. The van der Waals surface area contributed by atoms with Crippen LogP contribution in [0.1, 0.15) is 0 Å². The molecule has 0 spiro atoms. The first-order valence-electron chi connectivity index (χ1n) is 12.1. The highest BCUT2D eigenvalue weighted by atomic mass is 35.5. The predicted octanol–water partition coefficient (Wildman–Crippen LogP) is 1.25. The van der Waals surface area contributed by atoms with Gasteiger partial charge in [-0.2, -0.15) is 8.61 Å². The number of hydrogen-bond donors (Lipinski definition) is 2. The fourth-order valence-corrected chi connectivity index (χ4v) is 7.50. The summed E-state index contributed by atoms with van der Waals surface area (Å²) in [6.45, 7) is 0.854. The monoisotopic (exact) mass is 624 g/mol. The minimum atomic E-state index is -4.74. The maximum Gasteiger partial charge on any atom is 0.263 e. The first-order chi connectivity index (χ1) is 18.9. The minimum Gasteiger partial charge on any atom is -0.451 e. The fourth-order valence-electron chi connectivity index (χ4n) is 4.31. The van der Waals surface area contributed by atoms with E-state index in [-0.39, 0.29) is 24.6 Å². The second kappa shape index (κ2) is 12.6. The largest absolute Gasteiger partial charge is 0.451 e. The number of sulfonamides is 2. The van der Waals surface area contributed by atoms with Crippen molar-refractivity contribution in [3.8, 4) is 11.5 Å². The molecule has 0 bridgehead atoms. The predicted molar refractivity (Wildman–Crippen MR) is 138 cm³/mol. The minimum absolute atomic E-state index is 0.0449. The van der Waals surface area contributed by atoms with E-state index in [0.717, 1.165) is 4.31 Å². The number of nitrogens with one attached hydrogen (secondary N) is 1. The van der Waals surface area contributed by atoms with E-state index < -0.39 is 67.4 Å². The van der Waals surface area contributed by atoms with Gasteiger partial charge in [0.25, 0.3) is 5.91 Å². The number of carbonyl (C=O) groups is 1. The van der Waals surface area contributed by atoms with Crippen LogP contribution in [0.15, 0.2) is 41.3 Å². The number of amides is 1.